The van der Waals surface area contributed by atoms with Crippen molar-refractivity contribution in [3.63, 3.8) is 0 Å². The molecule has 1 spiro atoms. The minimum Gasteiger partial charge on any atom is -0.376 e. The number of ether oxygens (including phenoxy) is 1. The van der Waals surface area contributed by atoms with Gasteiger partial charge in [0.05, 0.1) is 26.0 Å². The highest BCUT2D eigenvalue weighted by Gasteiger charge is 2.65. The molecule has 0 radical (unpaired) electrons. The summed E-state index contributed by atoms with van der Waals surface area (Å²) < 4.78 is 77.9. The Morgan fingerprint density at radius 1 is 1.17 bits per heavy atom. The fraction of sp³-hybridized carbons (Fsp3) is 0.500. The predicted octanol–water partition coefficient (Wildman–Crippen LogP) is 3.46. The number of likely N-dealkylation sites (tertiary alicyclic amines) is 1. The lowest BCUT2D eigenvalue weighted by atomic mass is 9.83. The molecule has 4 amide bonds. The van der Waals surface area contributed by atoms with Crippen molar-refractivity contribution in [2.75, 3.05) is 39.9 Å². The molecular formula is C32H33F5N6O4. The van der Waals surface area contributed by atoms with E-state index in [4.69, 9.17) is 4.74 Å². The van der Waals surface area contributed by atoms with Crippen molar-refractivity contribution in [2.45, 2.75) is 61.2 Å². The lowest BCUT2D eigenvalue weighted by Gasteiger charge is -2.50. The Morgan fingerprint density at radius 3 is 2.53 bits per heavy atom. The highest BCUT2D eigenvalue weighted by Crippen LogP contribution is 2.48. The Morgan fingerprint density at radius 2 is 1.89 bits per heavy atom. The van der Waals surface area contributed by atoms with Gasteiger partial charge in [0.15, 0.2) is 11.2 Å². The van der Waals surface area contributed by atoms with Gasteiger partial charge < -0.3 is 15.0 Å². The van der Waals surface area contributed by atoms with E-state index in [9.17, 15) is 36.3 Å². The van der Waals surface area contributed by atoms with Gasteiger partial charge in [-0.05, 0) is 60.7 Å². The number of carbonyl (C=O) groups excluding carboxylic acids is 3. The number of rotatable bonds is 8. The van der Waals surface area contributed by atoms with Gasteiger partial charge >= 0.3 is 12.2 Å². The molecule has 47 heavy (non-hydrogen) atoms. The van der Waals surface area contributed by atoms with Gasteiger partial charge in [-0.1, -0.05) is 24.3 Å². The Kier molecular flexibility index (Phi) is 7.35. The molecule has 3 saturated heterocycles. The Balaban J connectivity index is 1.07. The maximum atomic E-state index is 14.8. The van der Waals surface area contributed by atoms with Crippen molar-refractivity contribution >= 4 is 17.8 Å². The first-order valence-electron chi connectivity index (χ1n) is 15.4. The van der Waals surface area contributed by atoms with E-state index in [0.717, 1.165) is 23.3 Å². The maximum Gasteiger partial charge on any atom is 0.416 e. The number of alkyl halides is 4. The average molecular weight is 661 g/mol. The SMILES string of the molecule is CN1CC(F)(Cn2cc(C3C=C4CC[C@]5(NC(=O)N(CC(=O)N(Cc6ccc(F)cc6)C6(C(F)(F)F)COC6)C5=O)C4=CC3)cn2)C1. The molecule has 7 rings (SSSR count). The van der Waals surface area contributed by atoms with E-state index in [1.54, 1.807) is 10.9 Å². The van der Waals surface area contributed by atoms with Gasteiger partial charge in [0, 0.05) is 31.7 Å². The lowest BCUT2D eigenvalue weighted by molar-refractivity contribution is -0.302. The largest absolute Gasteiger partial charge is 0.416 e. The van der Waals surface area contributed by atoms with Crippen molar-refractivity contribution in [3.8, 4) is 0 Å². The normalized spacial score (nSPS) is 26.3. The summed E-state index contributed by atoms with van der Waals surface area (Å²) in [6.07, 6.45) is 3.69. The van der Waals surface area contributed by atoms with Crippen molar-refractivity contribution in [2.24, 2.45) is 0 Å². The highest BCUT2D eigenvalue weighted by molar-refractivity contribution is 6.12. The van der Waals surface area contributed by atoms with Gasteiger partial charge in [0.1, 0.15) is 17.9 Å². The number of nitrogens with one attached hydrogen (secondary N) is 1. The summed E-state index contributed by atoms with van der Waals surface area (Å²) in [5.41, 5.74) is -2.83. The molecule has 250 valence electrons. The number of aromatic nitrogens is 2. The molecule has 1 N–H and O–H groups in total. The molecule has 4 heterocycles. The molecule has 2 aromatic rings. The van der Waals surface area contributed by atoms with E-state index >= 15 is 0 Å². The van der Waals surface area contributed by atoms with E-state index < -0.39 is 72.9 Å². The van der Waals surface area contributed by atoms with Crippen molar-refractivity contribution in [3.05, 3.63) is 76.9 Å². The number of hydrogen-bond donors (Lipinski definition) is 1. The van der Waals surface area contributed by atoms with Gasteiger partial charge in [-0.2, -0.15) is 18.3 Å². The van der Waals surface area contributed by atoms with E-state index in [1.165, 1.54) is 12.1 Å². The van der Waals surface area contributed by atoms with Gasteiger partial charge in [0.25, 0.3) is 5.91 Å². The van der Waals surface area contributed by atoms with Crippen LogP contribution >= 0.6 is 0 Å². The summed E-state index contributed by atoms with van der Waals surface area (Å²) in [6, 6.07) is 3.82. The van der Waals surface area contributed by atoms with Crippen LogP contribution in [0.2, 0.25) is 0 Å². The molecule has 1 unspecified atom stereocenters. The number of halogens is 5. The van der Waals surface area contributed by atoms with Crippen LogP contribution in [0.15, 0.2) is 60.0 Å². The van der Waals surface area contributed by atoms with Gasteiger partial charge in [-0.3, -0.25) is 24.1 Å². The topological polar surface area (TPSA) is 100 Å². The Bertz CT molecular complexity index is 1680. The number of allylic oxidation sites excluding steroid dienone is 2. The van der Waals surface area contributed by atoms with Crippen LogP contribution < -0.4 is 5.32 Å². The van der Waals surface area contributed by atoms with E-state index in [1.807, 2.05) is 30.3 Å². The number of amides is 4. The zero-order valence-electron chi connectivity index (χ0n) is 25.5. The fourth-order valence-electron chi connectivity index (χ4n) is 7.46. The number of carbonyl (C=O) groups is 3. The molecule has 15 heteroatoms. The van der Waals surface area contributed by atoms with Crippen LogP contribution in [-0.4, -0.2) is 105 Å². The number of benzene rings is 1. The number of fused-ring (bicyclic) bond motifs is 2. The summed E-state index contributed by atoms with van der Waals surface area (Å²) in [4.78, 5) is 43.9. The van der Waals surface area contributed by atoms with Crippen LogP contribution in [0.25, 0.3) is 0 Å². The molecule has 1 saturated carbocycles. The van der Waals surface area contributed by atoms with E-state index in [2.05, 4.69) is 10.4 Å². The third-order valence-corrected chi connectivity index (χ3v) is 9.94. The molecule has 5 aliphatic rings. The van der Waals surface area contributed by atoms with Crippen molar-refractivity contribution < 1.29 is 41.1 Å². The summed E-state index contributed by atoms with van der Waals surface area (Å²) >= 11 is 0. The molecule has 1 aromatic heterocycles. The molecule has 2 aliphatic carbocycles. The third kappa shape index (κ3) is 5.23. The highest BCUT2D eigenvalue weighted by atomic mass is 19.4. The standard InChI is InChI=1S/C32H33F5N6O4/c1-40-15-29(34,16-40)17-41-13-23(11-38-41)21-4-7-25-22(10-21)8-9-31(25)27(45)42(28(46)39-31)14-26(44)43(12-20-2-5-24(33)6-3-20)30(18-47-19-30)32(35,36)37/h2-3,5-7,10-11,13,21H,4,8-9,12,14-19H2,1H3,(H,39,46)/t21?,31-/m0/s1. The minimum absolute atomic E-state index is 0.0783. The first-order chi connectivity index (χ1) is 22.2. The molecule has 10 nitrogen and oxygen atoms in total. The quantitative estimate of drug-likeness (QED) is 0.344. The van der Waals surface area contributed by atoms with Crippen molar-refractivity contribution in [1.82, 2.24) is 29.8 Å². The van der Waals surface area contributed by atoms with Gasteiger partial charge in [-0.15, -0.1) is 0 Å². The molecule has 3 aliphatic heterocycles. The zero-order valence-corrected chi connectivity index (χ0v) is 25.5. The monoisotopic (exact) mass is 660 g/mol. The second-order valence-electron chi connectivity index (χ2n) is 13.3. The first-order valence-corrected chi connectivity index (χ1v) is 15.4. The van der Waals surface area contributed by atoms with Gasteiger partial charge in [0.2, 0.25) is 5.91 Å². The minimum atomic E-state index is -4.87. The van der Waals surface area contributed by atoms with Crippen molar-refractivity contribution in [1.29, 1.82) is 0 Å². The first kappa shape index (κ1) is 31.5. The van der Waals surface area contributed by atoms with Crippen LogP contribution in [-0.2, 0) is 27.4 Å². The van der Waals surface area contributed by atoms with E-state index in [-0.39, 0.29) is 24.4 Å². The summed E-state index contributed by atoms with van der Waals surface area (Å²) in [6.45, 7) is -2.21. The Labute approximate surface area is 266 Å². The maximum absolute atomic E-state index is 14.8. The second-order valence-corrected chi connectivity index (χ2v) is 13.3. The van der Waals surface area contributed by atoms with Crippen LogP contribution in [0.1, 0.15) is 36.3 Å². The number of urea groups is 1. The molecule has 0 bridgehead atoms. The summed E-state index contributed by atoms with van der Waals surface area (Å²) in [5, 5.41) is 7.08. The number of nitrogens with zero attached hydrogens (tertiary/aromatic N) is 5. The molecule has 2 atom stereocenters. The van der Waals surface area contributed by atoms with Gasteiger partial charge in [-0.25, -0.2) is 13.6 Å². The summed E-state index contributed by atoms with van der Waals surface area (Å²) in [5.74, 6) is -2.47. The predicted molar refractivity (Wildman–Crippen MR) is 156 cm³/mol. The van der Waals surface area contributed by atoms with Crippen LogP contribution in [0.5, 0.6) is 0 Å². The fourth-order valence-corrected chi connectivity index (χ4v) is 7.46. The van der Waals surface area contributed by atoms with Crippen LogP contribution in [0.3, 0.4) is 0 Å². The van der Waals surface area contributed by atoms with E-state index in [0.29, 0.717) is 41.3 Å². The van der Waals surface area contributed by atoms with Crippen LogP contribution in [0, 0.1) is 5.82 Å². The Hall–Kier alpha value is -4.11. The smallest absolute Gasteiger partial charge is 0.376 e. The number of hydrogen-bond acceptors (Lipinski definition) is 6. The molecular weight excluding hydrogens is 627 g/mol. The lowest BCUT2D eigenvalue weighted by Crippen LogP contribution is -2.72. The summed E-state index contributed by atoms with van der Waals surface area (Å²) in [7, 11) is 1.85. The number of imide groups is 1. The molecule has 4 fully saturated rings. The third-order valence-electron chi connectivity index (χ3n) is 9.94. The average Bonchev–Trinajstić information content (AvgIpc) is 3.64. The van der Waals surface area contributed by atoms with Crippen LogP contribution in [0.4, 0.5) is 26.7 Å². The molecule has 1 aromatic carbocycles. The second kappa shape index (κ2) is 11.0. The zero-order chi connectivity index (χ0) is 33.4.